The SMILES string of the molecule is CCC(C)C(C(=O)NCC(=O)N(C)CC/C=C\CCOC1CCCCC1)N(C)C(=O)[C@@H](Cc1ccccc1)NC(=O)C(CC(C)C)NC. The van der Waals surface area contributed by atoms with Crippen LogP contribution in [0.2, 0.25) is 0 Å². The Bertz CT molecular complexity index is 1140. The largest absolute Gasteiger partial charge is 0.378 e. The zero-order valence-electron chi connectivity index (χ0n) is 30.6. The molecule has 0 aromatic heterocycles. The molecular formula is C38H63N5O5. The summed E-state index contributed by atoms with van der Waals surface area (Å²) < 4.78 is 5.96. The molecule has 4 amide bonds. The molecule has 10 heteroatoms. The smallest absolute Gasteiger partial charge is 0.245 e. The van der Waals surface area contributed by atoms with E-state index in [1.165, 1.54) is 37.0 Å². The van der Waals surface area contributed by atoms with Crippen LogP contribution in [0.25, 0.3) is 0 Å². The molecule has 0 radical (unpaired) electrons. The Morgan fingerprint density at radius 2 is 1.60 bits per heavy atom. The second kappa shape index (κ2) is 22.4. The molecule has 1 aromatic rings. The van der Waals surface area contributed by atoms with Crippen molar-refractivity contribution in [2.24, 2.45) is 11.8 Å². The molecule has 10 nitrogen and oxygen atoms in total. The van der Waals surface area contributed by atoms with E-state index in [-0.39, 0.29) is 42.5 Å². The van der Waals surface area contributed by atoms with Gasteiger partial charge in [0.2, 0.25) is 23.6 Å². The van der Waals surface area contributed by atoms with E-state index in [4.69, 9.17) is 4.74 Å². The van der Waals surface area contributed by atoms with E-state index < -0.39 is 24.0 Å². The standard InChI is InChI=1S/C38H63N5O5/c1-8-29(4)35(37(46)40-27-34(44)42(6)23-17-9-10-18-24-48-31-21-15-12-16-22-31)43(7)38(47)33(26-30-19-13-11-14-20-30)41-36(45)32(39-5)25-28(2)3/h9-11,13-14,19-20,28-29,31-33,35,39H,8,12,15-18,21-27H2,1-7H3,(H,40,46)(H,41,45)/b10-9-/t29?,32?,33-,35?/m1/s1. The van der Waals surface area contributed by atoms with E-state index in [2.05, 4.69) is 28.1 Å². The number of carbonyl (C=O) groups excluding carboxylic acids is 4. The van der Waals surface area contributed by atoms with E-state index in [0.29, 0.717) is 31.9 Å². The summed E-state index contributed by atoms with van der Waals surface area (Å²) in [7, 11) is 5.07. The fraction of sp³-hybridized carbons (Fsp3) is 0.684. The highest BCUT2D eigenvalue weighted by molar-refractivity contribution is 5.94. The Balaban J connectivity index is 1.98. The van der Waals surface area contributed by atoms with Crippen molar-refractivity contribution in [2.75, 3.05) is 40.8 Å². The molecule has 0 heterocycles. The molecule has 48 heavy (non-hydrogen) atoms. The van der Waals surface area contributed by atoms with Crippen LogP contribution in [0.3, 0.4) is 0 Å². The van der Waals surface area contributed by atoms with Crippen LogP contribution in [0.4, 0.5) is 0 Å². The van der Waals surface area contributed by atoms with Crippen molar-refractivity contribution in [2.45, 2.75) is 116 Å². The number of ether oxygens (including phenoxy) is 1. The number of amides is 4. The number of carbonyl (C=O) groups is 4. The lowest BCUT2D eigenvalue weighted by atomic mass is 9.95. The molecule has 1 aromatic carbocycles. The Kier molecular flexibility index (Phi) is 19.1. The molecule has 1 aliphatic rings. The van der Waals surface area contributed by atoms with Gasteiger partial charge in [0, 0.05) is 27.1 Å². The van der Waals surface area contributed by atoms with Crippen LogP contribution in [0.1, 0.15) is 91.0 Å². The molecule has 2 rings (SSSR count). The average molecular weight is 670 g/mol. The normalized spacial score (nSPS) is 16.2. The third-order valence-electron chi connectivity index (χ3n) is 9.31. The predicted octanol–water partition coefficient (Wildman–Crippen LogP) is 4.48. The maximum absolute atomic E-state index is 14.0. The summed E-state index contributed by atoms with van der Waals surface area (Å²) in [6.07, 6.45) is 13.9. The average Bonchev–Trinajstić information content (AvgIpc) is 3.08. The lowest BCUT2D eigenvalue weighted by Crippen LogP contribution is -2.59. The molecule has 1 fully saturated rings. The van der Waals surface area contributed by atoms with Crippen molar-refractivity contribution in [3.8, 4) is 0 Å². The van der Waals surface area contributed by atoms with Crippen LogP contribution in [0.5, 0.6) is 0 Å². The predicted molar refractivity (Wildman–Crippen MR) is 192 cm³/mol. The van der Waals surface area contributed by atoms with Gasteiger partial charge in [0.15, 0.2) is 0 Å². The topological polar surface area (TPSA) is 120 Å². The second-order valence-electron chi connectivity index (χ2n) is 13.7. The van der Waals surface area contributed by atoms with E-state index in [1.807, 2.05) is 58.0 Å². The highest BCUT2D eigenvalue weighted by Gasteiger charge is 2.36. The number of rotatable bonds is 21. The third-order valence-corrected chi connectivity index (χ3v) is 9.31. The van der Waals surface area contributed by atoms with Crippen LogP contribution in [-0.4, -0.2) is 98.5 Å². The van der Waals surface area contributed by atoms with E-state index >= 15 is 0 Å². The van der Waals surface area contributed by atoms with Gasteiger partial charge in [0.1, 0.15) is 12.1 Å². The van der Waals surface area contributed by atoms with Crippen LogP contribution >= 0.6 is 0 Å². The zero-order chi connectivity index (χ0) is 35.5. The second-order valence-corrected chi connectivity index (χ2v) is 13.7. The number of hydrogen-bond donors (Lipinski definition) is 3. The van der Waals surface area contributed by atoms with Gasteiger partial charge in [-0.25, -0.2) is 0 Å². The van der Waals surface area contributed by atoms with Crippen molar-refractivity contribution >= 4 is 23.6 Å². The summed E-state index contributed by atoms with van der Waals surface area (Å²) in [5, 5.41) is 8.82. The lowest BCUT2D eigenvalue weighted by Gasteiger charge is -2.34. The van der Waals surface area contributed by atoms with Crippen LogP contribution in [0, 0.1) is 11.8 Å². The van der Waals surface area contributed by atoms with Gasteiger partial charge in [0.25, 0.3) is 0 Å². The summed E-state index contributed by atoms with van der Waals surface area (Å²) in [5.41, 5.74) is 0.898. The van der Waals surface area contributed by atoms with E-state index in [9.17, 15) is 19.2 Å². The van der Waals surface area contributed by atoms with Gasteiger partial charge in [-0.3, -0.25) is 19.2 Å². The molecule has 3 N–H and O–H groups in total. The Morgan fingerprint density at radius 1 is 0.938 bits per heavy atom. The Labute approximate surface area is 289 Å². The number of hydrogen-bond acceptors (Lipinski definition) is 6. The van der Waals surface area contributed by atoms with Gasteiger partial charge < -0.3 is 30.5 Å². The molecule has 4 atom stereocenters. The third kappa shape index (κ3) is 14.5. The van der Waals surface area contributed by atoms with E-state index in [1.54, 1.807) is 26.0 Å². The highest BCUT2D eigenvalue weighted by Crippen LogP contribution is 2.20. The molecule has 1 aliphatic carbocycles. The molecule has 3 unspecified atom stereocenters. The first-order valence-electron chi connectivity index (χ1n) is 18.0. The molecule has 0 aliphatic heterocycles. The molecule has 1 saturated carbocycles. The van der Waals surface area contributed by atoms with Crippen LogP contribution in [-0.2, 0) is 30.3 Å². The van der Waals surface area contributed by atoms with Crippen LogP contribution < -0.4 is 16.0 Å². The number of likely N-dealkylation sites (N-methyl/N-ethyl adjacent to an activating group) is 3. The zero-order valence-corrected chi connectivity index (χ0v) is 30.6. The van der Waals surface area contributed by atoms with Gasteiger partial charge in [-0.1, -0.05) is 95.9 Å². The first-order valence-corrected chi connectivity index (χ1v) is 18.0. The minimum atomic E-state index is -0.869. The Morgan fingerprint density at radius 3 is 2.23 bits per heavy atom. The molecule has 0 saturated heterocycles. The lowest BCUT2D eigenvalue weighted by molar-refractivity contribution is -0.144. The first-order chi connectivity index (χ1) is 23.0. The van der Waals surface area contributed by atoms with Crippen molar-refractivity contribution in [1.82, 2.24) is 25.8 Å². The maximum atomic E-state index is 14.0. The minimum Gasteiger partial charge on any atom is -0.378 e. The first kappa shape index (κ1) is 40.9. The fourth-order valence-electron chi connectivity index (χ4n) is 6.14. The minimum absolute atomic E-state index is 0.160. The summed E-state index contributed by atoms with van der Waals surface area (Å²) in [6.45, 7) is 9.07. The van der Waals surface area contributed by atoms with Gasteiger partial charge in [0.05, 0.1) is 25.3 Å². The van der Waals surface area contributed by atoms with Crippen molar-refractivity contribution in [3.63, 3.8) is 0 Å². The number of nitrogens with one attached hydrogen (secondary N) is 3. The van der Waals surface area contributed by atoms with Gasteiger partial charge in [-0.2, -0.15) is 0 Å². The van der Waals surface area contributed by atoms with Gasteiger partial charge in [-0.05, 0) is 56.6 Å². The molecule has 0 spiro atoms. The van der Waals surface area contributed by atoms with Gasteiger partial charge in [-0.15, -0.1) is 0 Å². The monoisotopic (exact) mass is 669 g/mol. The number of benzene rings is 1. The van der Waals surface area contributed by atoms with Crippen molar-refractivity contribution in [1.29, 1.82) is 0 Å². The summed E-state index contributed by atoms with van der Waals surface area (Å²) in [4.78, 5) is 56.8. The van der Waals surface area contributed by atoms with Crippen molar-refractivity contribution < 1.29 is 23.9 Å². The molecular weight excluding hydrogens is 606 g/mol. The fourth-order valence-corrected chi connectivity index (χ4v) is 6.14. The summed E-state index contributed by atoms with van der Waals surface area (Å²) in [5.74, 6) is -1.10. The maximum Gasteiger partial charge on any atom is 0.245 e. The summed E-state index contributed by atoms with van der Waals surface area (Å²) in [6, 6.07) is 7.39. The molecule has 0 bridgehead atoms. The number of nitrogens with zero attached hydrogens (tertiary/aromatic N) is 2. The Hall–Kier alpha value is -3.24. The summed E-state index contributed by atoms with van der Waals surface area (Å²) >= 11 is 0. The molecule has 270 valence electrons. The highest BCUT2D eigenvalue weighted by atomic mass is 16.5. The van der Waals surface area contributed by atoms with Crippen LogP contribution in [0.15, 0.2) is 42.5 Å². The quantitative estimate of drug-likeness (QED) is 0.131. The van der Waals surface area contributed by atoms with E-state index in [0.717, 1.165) is 18.6 Å². The van der Waals surface area contributed by atoms with Crippen molar-refractivity contribution in [3.05, 3.63) is 48.0 Å². The van der Waals surface area contributed by atoms with Gasteiger partial charge >= 0.3 is 0 Å².